The molecule has 23 heavy (non-hydrogen) atoms. The molecule has 0 spiro atoms. The van der Waals surface area contributed by atoms with E-state index in [1.54, 1.807) is 6.92 Å². The van der Waals surface area contributed by atoms with E-state index in [4.69, 9.17) is 0 Å². The fourth-order valence-corrected chi connectivity index (χ4v) is 2.62. The van der Waals surface area contributed by atoms with Crippen LogP contribution in [-0.4, -0.2) is 36.0 Å². The van der Waals surface area contributed by atoms with Crippen molar-refractivity contribution >= 4 is 17.6 Å². The molecule has 0 aliphatic carbocycles. The molecule has 5 nitrogen and oxygen atoms in total. The van der Waals surface area contributed by atoms with Gasteiger partial charge in [0.15, 0.2) is 0 Å². The number of nitrogens with one attached hydrogen (secondary N) is 2. The summed E-state index contributed by atoms with van der Waals surface area (Å²) in [6.07, 6.45) is 0. The minimum atomic E-state index is -0.457. The number of carbonyl (C=O) groups is 2. The molecule has 2 aromatic rings. The third-order valence-corrected chi connectivity index (χ3v) is 3.87. The Balaban J connectivity index is 1.66. The summed E-state index contributed by atoms with van der Waals surface area (Å²) in [6.45, 7) is 2.71. The summed E-state index contributed by atoms with van der Waals surface area (Å²) in [5.41, 5.74) is 3.12. The minimum absolute atomic E-state index is 0.216. The van der Waals surface area contributed by atoms with Gasteiger partial charge in [0.25, 0.3) is 5.91 Å². The Hall–Kier alpha value is -2.82. The zero-order chi connectivity index (χ0) is 16.2. The first-order valence-electron chi connectivity index (χ1n) is 7.66. The van der Waals surface area contributed by atoms with Gasteiger partial charge in [-0.25, -0.2) is 4.79 Å². The first-order valence-corrected chi connectivity index (χ1v) is 7.66. The van der Waals surface area contributed by atoms with Gasteiger partial charge in [-0.2, -0.15) is 0 Å². The van der Waals surface area contributed by atoms with Crippen LogP contribution in [0.3, 0.4) is 0 Å². The van der Waals surface area contributed by atoms with Crippen LogP contribution in [0.5, 0.6) is 0 Å². The lowest BCUT2D eigenvalue weighted by Gasteiger charge is -2.19. The highest BCUT2D eigenvalue weighted by Gasteiger charge is 2.29. The SMILES string of the molecule is C[C@H](Nc1ccc(-c2ccccc2)cc1)C(=O)N1CCNC1=O. The van der Waals surface area contributed by atoms with E-state index in [-0.39, 0.29) is 11.9 Å². The van der Waals surface area contributed by atoms with E-state index in [0.717, 1.165) is 16.8 Å². The first-order chi connectivity index (χ1) is 11.1. The molecule has 0 unspecified atom stereocenters. The van der Waals surface area contributed by atoms with Gasteiger partial charge in [-0.05, 0) is 30.2 Å². The standard InChI is InChI=1S/C18H19N3O2/c1-13(17(22)21-12-11-19-18(21)23)20-16-9-7-15(8-10-16)14-5-3-2-4-6-14/h2-10,13,20H,11-12H2,1H3,(H,19,23)/t13-/m0/s1. The molecule has 1 heterocycles. The fraction of sp³-hybridized carbons (Fsp3) is 0.222. The van der Waals surface area contributed by atoms with Crippen molar-refractivity contribution in [2.45, 2.75) is 13.0 Å². The van der Waals surface area contributed by atoms with Gasteiger partial charge >= 0.3 is 6.03 Å². The van der Waals surface area contributed by atoms with Gasteiger partial charge in [0.2, 0.25) is 0 Å². The van der Waals surface area contributed by atoms with Crippen LogP contribution >= 0.6 is 0 Å². The molecule has 1 atom stereocenters. The largest absolute Gasteiger partial charge is 0.374 e. The van der Waals surface area contributed by atoms with E-state index in [0.29, 0.717) is 13.1 Å². The van der Waals surface area contributed by atoms with Crippen LogP contribution in [0, 0.1) is 0 Å². The van der Waals surface area contributed by atoms with Crippen molar-refractivity contribution in [1.29, 1.82) is 0 Å². The lowest BCUT2D eigenvalue weighted by molar-refractivity contribution is -0.128. The Bertz CT molecular complexity index is 698. The molecule has 2 aromatic carbocycles. The lowest BCUT2D eigenvalue weighted by atomic mass is 10.1. The third-order valence-electron chi connectivity index (χ3n) is 3.87. The van der Waals surface area contributed by atoms with Crippen molar-refractivity contribution in [3.63, 3.8) is 0 Å². The van der Waals surface area contributed by atoms with Crippen LogP contribution in [0.1, 0.15) is 6.92 Å². The summed E-state index contributed by atoms with van der Waals surface area (Å²) in [6, 6.07) is 17.2. The maximum absolute atomic E-state index is 12.3. The number of anilines is 1. The number of amides is 3. The van der Waals surface area contributed by atoms with E-state index in [9.17, 15) is 9.59 Å². The van der Waals surface area contributed by atoms with Crippen LogP contribution in [-0.2, 0) is 4.79 Å². The smallest absolute Gasteiger partial charge is 0.324 e. The summed E-state index contributed by atoms with van der Waals surface area (Å²) in [5, 5.41) is 5.78. The van der Waals surface area contributed by atoms with Gasteiger partial charge in [-0.3, -0.25) is 9.69 Å². The predicted octanol–water partition coefficient (Wildman–Crippen LogP) is 2.71. The van der Waals surface area contributed by atoms with Crippen molar-refractivity contribution in [2.24, 2.45) is 0 Å². The average Bonchev–Trinajstić information content (AvgIpc) is 3.01. The zero-order valence-electron chi connectivity index (χ0n) is 13.0. The molecule has 3 amide bonds. The van der Waals surface area contributed by atoms with Gasteiger partial charge in [-0.15, -0.1) is 0 Å². The van der Waals surface area contributed by atoms with Gasteiger partial charge in [0, 0.05) is 18.8 Å². The maximum Gasteiger partial charge on any atom is 0.324 e. The van der Waals surface area contributed by atoms with E-state index in [2.05, 4.69) is 22.8 Å². The van der Waals surface area contributed by atoms with Gasteiger partial charge in [0.1, 0.15) is 6.04 Å². The lowest BCUT2D eigenvalue weighted by Crippen LogP contribution is -2.43. The molecular weight excluding hydrogens is 290 g/mol. The normalized spacial score (nSPS) is 15.2. The Morgan fingerprint density at radius 1 is 1.09 bits per heavy atom. The van der Waals surface area contributed by atoms with Crippen LogP contribution < -0.4 is 10.6 Å². The minimum Gasteiger partial charge on any atom is -0.374 e. The van der Waals surface area contributed by atoms with E-state index >= 15 is 0 Å². The molecule has 5 heteroatoms. The summed E-state index contributed by atoms with van der Waals surface area (Å²) < 4.78 is 0. The number of nitrogens with zero attached hydrogens (tertiary/aromatic N) is 1. The van der Waals surface area contributed by atoms with Crippen molar-refractivity contribution < 1.29 is 9.59 Å². The number of benzene rings is 2. The molecule has 0 bridgehead atoms. The second-order valence-electron chi connectivity index (χ2n) is 5.53. The highest BCUT2D eigenvalue weighted by Crippen LogP contribution is 2.21. The highest BCUT2D eigenvalue weighted by molar-refractivity contribution is 5.99. The van der Waals surface area contributed by atoms with Crippen LogP contribution in [0.15, 0.2) is 54.6 Å². The van der Waals surface area contributed by atoms with Crippen LogP contribution in [0.4, 0.5) is 10.5 Å². The monoisotopic (exact) mass is 309 g/mol. The van der Waals surface area contributed by atoms with Crippen molar-refractivity contribution in [2.75, 3.05) is 18.4 Å². The molecule has 118 valence electrons. The Labute approximate surface area is 135 Å². The van der Waals surface area contributed by atoms with E-state index < -0.39 is 6.04 Å². The summed E-state index contributed by atoms with van der Waals surface area (Å²) in [5.74, 6) is -0.216. The molecular formula is C18H19N3O2. The zero-order valence-corrected chi connectivity index (χ0v) is 13.0. The molecule has 1 saturated heterocycles. The molecule has 3 rings (SSSR count). The number of imide groups is 1. The molecule has 1 aliphatic rings. The Morgan fingerprint density at radius 3 is 2.35 bits per heavy atom. The quantitative estimate of drug-likeness (QED) is 0.913. The molecule has 2 N–H and O–H groups in total. The summed E-state index contributed by atoms with van der Waals surface area (Å²) in [7, 11) is 0. The van der Waals surface area contributed by atoms with Crippen LogP contribution in [0.2, 0.25) is 0 Å². The van der Waals surface area contributed by atoms with Crippen molar-refractivity contribution in [3.8, 4) is 11.1 Å². The van der Waals surface area contributed by atoms with Crippen molar-refractivity contribution in [3.05, 3.63) is 54.6 Å². The maximum atomic E-state index is 12.3. The number of hydrogen-bond donors (Lipinski definition) is 2. The number of urea groups is 1. The van der Waals surface area contributed by atoms with Gasteiger partial charge in [-0.1, -0.05) is 42.5 Å². The molecule has 1 aliphatic heterocycles. The van der Waals surface area contributed by atoms with E-state index in [1.165, 1.54) is 4.90 Å². The van der Waals surface area contributed by atoms with Crippen molar-refractivity contribution in [1.82, 2.24) is 10.2 Å². The van der Waals surface area contributed by atoms with E-state index in [1.807, 2.05) is 42.5 Å². The molecule has 0 radical (unpaired) electrons. The van der Waals surface area contributed by atoms with Gasteiger partial charge in [0.05, 0.1) is 0 Å². The Morgan fingerprint density at radius 2 is 1.74 bits per heavy atom. The average molecular weight is 309 g/mol. The highest BCUT2D eigenvalue weighted by atomic mass is 16.2. The molecule has 0 saturated carbocycles. The molecule has 0 aromatic heterocycles. The predicted molar refractivity (Wildman–Crippen MR) is 90.1 cm³/mol. The second-order valence-corrected chi connectivity index (χ2v) is 5.53. The van der Waals surface area contributed by atoms with Gasteiger partial charge < -0.3 is 10.6 Å². The van der Waals surface area contributed by atoms with Crippen LogP contribution in [0.25, 0.3) is 11.1 Å². The topological polar surface area (TPSA) is 61.4 Å². The number of hydrogen-bond acceptors (Lipinski definition) is 3. The number of carbonyl (C=O) groups excluding carboxylic acids is 2. The summed E-state index contributed by atoms with van der Waals surface area (Å²) >= 11 is 0. The number of rotatable bonds is 4. The first kappa shape index (κ1) is 15.1. The molecule has 1 fully saturated rings. The summed E-state index contributed by atoms with van der Waals surface area (Å²) in [4.78, 5) is 25.0. The third kappa shape index (κ3) is 3.34. The Kier molecular flexibility index (Phi) is 4.28. The fourth-order valence-electron chi connectivity index (χ4n) is 2.62. The second kappa shape index (κ2) is 6.52.